The van der Waals surface area contributed by atoms with E-state index in [-0.39, 0.29) is 24.7 Å². The molecule has 7 nitrogen and oxygen atoms in total. The lowest BCUT2D eigenvalue weighted by Crippen LogP contribution is -2.34. The minimum absolute atomic E-state index is 0.0919. The molecule has 1 atom stereocenters. The summed E-state index contributed by atoms with van der Waals surface area (Å²) in [5.74, 6) is -0.881. The number of aliphatic hydroxyl groups excluding tert-OH is 1. The average Bonchev–Trinajstić information content (AvgIpc) is 2.88. The molecule has 0 bridgehead atoms. The van der Waals surface area contributed by atoms with Crippen LogP contribution in [0.4, 0.5) is 30.2 Å². The number of para-hydroxylation sites is 2. The second kappa shape index (κ2) is 13.1. The molecule has 0 aliphatic heterocycles. The van der Waals surface area contributed by atoms with Crippen molar-refractivity contribution in [3.05, 3.63) is 94.5 Å². The third kappa shape index (κ3) is 7.82. The van der Waals surface area contributed by atoms with Gasteiger partial charge in [-0.2, -0.15) is 13.2 Å². The molecule has 0 saturated heterocycles. The van der Waals surface area contributed by atoms with Crippen LogP contribution < -0.4 is 21.3 Å². The van der Waals surface area contributed by atoms with Crippen molar-refractivity contribution < 1.29 is 27.9 Å². The van der Waals surface area contributed by atoms with E-state index in [0.717, 1.165) is 23.9 Å². The van der Waals surface area contributed by atoms with Gasteiger partial charge in [-0.05, 0) is 47.5 Å². The standard InChI is InChI=1S/C27H26ClF3N4O3/c1-32-22-4-2-3-5-23(22)35-24(37)13-8-17-6-9-18(10-7-17)25(33-14-15-36)26(38)34-19-11-12-20(21(28)16-19)27(29,30)31/h2-13,16,25,32-33,36H,14-15H2,1H3,(H,34,38)(H,35,37)/b13-8+. The summed E-state index contributed by atoms with van der Waals surface area (Å²) in [4.78, 5) is 25.3. The molecule has 0 aliphatic carbocycles. The molecule has 38 heavy (non-hydrogen) atoms. The number of benzene rings is 3. The molecule has 3 aromatic rings. The summed E-state index contributed by atoms with van der Waals surface area (Å²) < 4.78 is 38.9. The van der Waals surface area contributed by atoms with E-state index < -0.39 is 28.7 Å². The summed E-state index contributed by atoms with van der Waals surface area (Å²) in [6.45, 7) is -0.135. The van der Waals surface area contributed by atoms with Crippen molar-refractivity contribution in [2.45, 2.75) is 12.2 Å². The number of aliphatic hydroxyl groups is 1. The second-order valence-electron chi connectivity index (χ2n) is 8.08. The van der Waals surface area contributed by atoms with Gasteiger partial charge in [-0.3, -0.25) is 14.9 Å². The van der Waals surface area contributed by atoms with Crippen LogP contribution in [0.3, 0.4) is 0 Å². The maximum absolute atomic E-state index is 13.0. The molecular weight excluding hydrogens is 521 g/mol. The highest BCUT2D eigenvalue weighted by Crippen LogP contribution is 2.36. The molecule has 3 rings (SSSR count). The summed E-state index contributed by atoms with van der Waals surface area (Å²) >= 11 is 5.75. The van der Waals surface area contributed by atoms with Gasteiger partial charge >= 0.3 is 6.18 Å². The number of hydrogen-bond acceptors (Lipinski definition) is 5. The van der Waals surface area contributed by atoms with Crippen molar-refractivity contribution >= 4 is 46.6 Å². The average molecular weight is 547 g/mol. The molecule has 0 fully saturated rings. The van der Waals surface area contributed by atoms with Crippen molar-refractivity contribution in [3.63, 3.8) is 0 Å². The fourth-order valence-electron chi connectivity index (χ4n) is 3.56. The Morgan fingerprint density at radius 2 is 1.68 bits per heavy atom. The Kier molecular flexibility index (Phi) is 9.89. The molecule has 0 aromatic heterocycles. The highest BCUT2D eigenvalue weighted by molar-refractivity contribution is 6.31. The Morgan fingerprint density at radius 1 is 1.00 bits per heavy atom. The van der Waals surface area contributed by atoms with E-state index in [1.165, 1.54) is 6.08 Å². The number of anilines is 3. The van der Waals surface area contributed by atoms with Crippen LogP contribution in [0.5, 0.6) is 0 Å². The topological polar surface area (TPSA) is 102 Å². The number of alkyl halides is 3. The summed E-state index contributed by atoms with van der Waals surface area (Å²) in [7, 11) is 1.75. The molecule has 11 heteroatoms. The first-order chi connectivity index (χ1) is 18.1. The van der Waals surface area contributed by atoms with Crippen LogP contribution in [-0.4, -0.2) is 37.1 Å². The van der Waals surface area contributed by atoms with Crippen LogP contribution in [-0.2, 0) is 15.8 Å². The Morgan fingerprint density at radius 3 is 2.29 bits per heavy atom. The van der Waals surface area contributed by atoms with Gasteiger partial charge in [0.2, 0.25) is 11.8 Å². The number of carbonyl (C=O) groups excluding carboxylic acids is 2. The first-order valence-electron chi connectivity index (χ1n) is 11.5. The van der Waals surface area contributed by atoms with Crippen molar-refractivity contribution in [3.8, 4) is 0 Å². The van der Waals surface area contributed by atoms with Gasteiger partial charge in [-0.15, -0.1) is 0 Å². The Balaban J connectivity index is 1.70. The quantitative estimate of drug-likeness (QED) is 0.222. The summed E-state index contributed by atoms with van der Waals surface area (Å²) in [5.41, 5.74) is 1.74. The van der Waals surface area contributed by atoms with E-state index in [1.54, 1.807) is 43.5 Å². The minimum atomic E-state index is -4.61. The zero-order valence-electron chi connectivity index (χ0n) is 20.3. The van der Waals surface area contributed by atoms with Gasteiger partial charge in [-0.1, -0.05) is 48.0 Å². The third-order valence-corrected chi connectivity index (χ3v) is 5.73. The van der Waals surface area contributed by atoms with Gasteiger partial charge in [0.15, 0.2) is 0 Å². The molecule has 2 amide bonds. The van der Waals surface area contributed by atoms with Crippen molar-refractivity contribution in [1.82, 2.24) is 5.32 Å². The maximum Gasteiger partial charge on any atom is 0.417 e. The Hall–Kier alpha value is -3.86. The molecule has 0 radical (unpaired) electrons. The fourth-order valence-corrected chi connectivity index (χ4v) is 3.85. The van der Waals surface area contributed by atoms with E-state index in [4.69, 9.17) is 11.6 Å². The number of halogens is 4. The SMILES string of the molecule is CNc1ccccc1NC(=O)/C=C/c1ccc(C(NCCO)C(=O)Nc2ccc(C(F)(F)F)c(Cl)c2)cc1. The maximum atomic E-state index is 13.0. The predicted octanol–water partition coefficient (Wildman–Crippen LogP) is 5.31. The van der Waals surface area contributed by atoms with Crippen molar-refractivity contribution in [2.24, 2.45) is 0 Å². The molecule has 200 valence electrons. The monoisotopic (exact) mass is 546 g/mol. The normalized spacial score (nSPS) is 12.3. The molecular formula is C27H26ClF3N4O3. The zero-order chi connectivity index (χ0) is 27.7. The molecule has 3 aromatic carbocycles. The number of nitrogens with one attached hydrogen (secondary N) is 4. The van der Waals surface area contributed by atoms with Crippen molar-refractivity contribution in [1.29, 1.82) is 0 Å². The van der Waals surface area contributed by atoms with Gasteiger partial charge in [0.25, 0.3) is 0 Å². The van der Waals surface area contributed by atoms with Crippen LogP contribution >= 0.6 is 11.6 Å². The van der Waals surface area contributed by atoms with E-state index in [9.17, 15) is 27.9 Å². The molecule has 5 N–H and O–H groups in total. The second-order valence-corrected chi connectivity index (χ2v) is 8.48. The van der Waals surface area contributed by atoms with E-state index >= 15 is 0 Å². The number of rotatable bonds is 10. The third-order valence-electron chi connectivity index (χ3n) is 5.42. The number of hydrogen-bond donors (Lipinski definition) is 5. The largest absolute Gasteiger partial charge is 0.417 e. The molecule has 0 heterocycles. The fraction of sp³-hybridized carbons (Fsp3) is 0.185. The van der Waals surface area contributed by atoms with Gasteiger partial charge in [0, 0.05) is 25.4 Å². The molecule has 0 aliphatic rings. The van der Waals surface area contributed by atoms with Crippen LogP contribution in [0.15, 0.2) is 72.8 Å². The smallest absolute Gasteiger partial charge is 0.395 e. The first-order valence-corrected chi connectivity index (χ1v) is 11.9. The van der Waals surface area contributed by atoms with Crippen LogP contribution in [0.1, 0.15) is 22.7 Å². The molecule has 0 saturated carbocycles. The first kappa shape index (κ1) is 28.7. The lowest BCUT2D eigenvalue weighted by Gasteiger charge is -2.19. The van der Waals surface area contributed by atoms with E-state index in [0.29, 0.717) is 16.8 Å². The van der Waals surface area contributed by atoms with Gasteiger partial charge in [0.1, 0.15) is 6.04 Å². The number of amides is 2. The Labute approximate surface area is 222 Å². The predicted molar refractivity (Wildman–Crippen MR) is 143 cm³/mol. The minimum Gasteiger partial charge on any atom is -0.395 e. The van der Waals surface area contributed by atoms with Crippen LogP contribution in [0.25, 0.3) is 6.08 Å². The summed E-state index contributed by atoms with van der Waals surface area (Å²) in [6.07, 6.45) is -1.62. The lowest BCUT2D eigenvalue weighted by molar-refractivity contribution is -0.137. The van der Waals surface area contributed by atoms with Crippen LogP contribution in [0.2, 0.25) is 5.02 Å². The molecule has 1 unspecified atom stereocenters. The van der Waals surface area contributed by atoms with Crippen LogP contribution in [0, 0.1) is 0 Å². The zero-order valence-corrected chi connectivity index (χ0v) is 21.0. The summed E-state index contributed by atoms with van der Waals surface area (Å²) in [6, 6.07) is 16.0. The lowest BCUT2D eigenvalue weighted by atomic mass is 10.0. The van der Waals surface area contributed by atoms with E-state index in [1.807, 2.05) is 18.2 Å². The van der Waals surface area contributed by atoms with Gasteiger partial charge < -0.3 is 21.1 Å². The highest BCUT2D eigenvalue weighted by atomic mass is 35.5. The van der Waals surface area contributed by atoms with E-state index in [2.05, 4.69) is 21.3 Å². The van der Waals surface area contributed by atoms with Gasteiger partial charge in [-0.25, -0.2) is 0 Å². The Bertz CT molecular complexity index is 1300. The molecule has 0 spiro atoms. The van der Waals surface area contributed by atoms with Gasteiger partial charge in [0.05, 0.1) is 28.6 Å². The number of carbonyl (C=O) groups is 2. The highest BCUT2D eigenvalue weighted by Gasteiger charge is 2.33. The summed E-state index contributed by atoms with van der Waals surface area (Å²) in [5, 5.41) is 19.9. The van der Waals surface area contributed by atoms with Crippen molar-refractivity contribution in [2.75, 3.05) is 36.1 Å².